The van der Waals surface area contributed by atoms with Crippen LogP contribution in [0.1, 0.15) is 32.6 Å². The first-order chi connectivity index (χ1) is 7.74. The number of hydrogen-bond donors (Lipinski definition) is 1. The summed E-state index contributed by atoms with van der Waals surface area (Å²) >= 11 is 0. The van der Waals surface area contributed by atoms with Gasteiger partial charge in [-0.25, -0.2) is 0 Å². The highest BCUT2D eigenvalue weighted by atomic mass is 35.5. The third-order valence-corrected chi connectivity index (χ3v) is 3.82. The molecule has 5 heteroatoms. The van der Waals surface area contributed by atoms with Gasteiger partial charge in [0, 0.05) is 19.6 Å². The monoisotopic (exact) mass is 262 g/mol. The highest BCUT2D eigenvalue weighted by Gasteiger charge is 2.35. The fourth-order valence-corrected chi connectivity index (χ4v) is 2.63. The van der Waals surface area contributed by atoms with Crippen LogP contribution >= 0.6 is 12.4 Å². The van der Waals surface area contributed by atoms with Gasteiger partial charge in [-0.05, 0) is 25.2 Å². The lowest BCUT2D eigenvalue weighted by Crippen LogP contribution is -2.38. The molecule has 0 aromatic carbocycles. The summed E-state index contributed by atoms with van der Waals surface area (Å²) in [4.78, 5) is 14.1. The first kappa shape index (κ1) is 14.7. The van der Waals surface area contributed by atoms with E-state index in [1.807, 2.05) is 4.90 Å². The Balaban J connectivity index is 0.00000144. The molecule has 4 nitrogen and oxygen atoms in total. The number of nitrogens with two attached hydrogens (primary N) is 1. The first-order valence-corrected chi connectivity index (χ1v) is 6.39. The molecule has 1 unspecified atom stereocenters. The van der Waals surface area contributed by atoms with Gasteiger partial charge >= 0.3 is 0 Å². The lowest BCUT2D eigenvalue weighted by atomic mass is 10.1. The van der Waals surface area contributed by atoms with Gasteiger partial charge in [-0.15, -0.1) is 12.4 Å². The number of amides is 1. The molecule has 1 amide bonds. The van der Waals surface area contributed by atoms with Gasteiger partial charge in [0.2, 0.25) is 0 Å². The van der Waals surface area contributed by atoms with Gasteiger partial charge in [0.25, 0.3) is 5.91 Å². The number of halogens is 1. The van der Waals surface area contributed by atoms with Crippen LogP contribution in [0, 0.1) is 5.92 Å². The summed E-state index contributed by atoms with van der Waals surface area (Å²) in [7, 11) is 0. The van der Waals surface area contributed by atoms with Crippen molar-refractivity contribution in [2.75, 3.05) is 19.6 Å². The van der Waals surface area contributed by atoms with Crippen LogP contribution in [0.3, 0.4) is 0 Å². The fourth-order valence-electron chi connectivity index (χ4n) is 2.63. The van der Waals surface area contributed by atoms with Crippen molar-refractivity contribution in [1.29, 1.82) is 0 Å². The summed E-state index contributed by atoms with van der Waals surface area (Å²) in [5, 5.41) is 0. The first-order valence-electron chi connectivity index (χ1n) is 6.39. The average molecular weight is 263 g/mol. The molecule has 0 aromatic rings. The summed E-state index contributed by atoms with van der Waals surface area (Å²) in [5.41, 5.74) is 5.54. The lowest BCUT2D eigenvalue weighted by molar-refractivity contribution is -0.141. The molecule has 0 bridgehead atoms. The number of likely N-dealkylation sites (tertiary alicyclic amines) is 1. The van der Waals surface area contributed by atoms with Crippen LogP contribution in [0.5, 0.6) is 0 Å². The van der Waals surface area contributed by atoms with Gasteiger partial charge in [0.05, 0.1) is 6.10 Å². The summed E-state index contributed by atoms with van der Waals surface area (Å²) in [6, 6.07) is 0. The molecule has 2 fully saturated rings. The van der Waals surface area contributed by atoms with Gasteiger partial charge in [-0.3, -0.25) is 4.79 Å². The molecule has 0 radical (unpaired) electrons. The van der Waals surface area contributed by atoms with Gasteiger partial charge in [0.1, 0.15) is 6.10 Å². The average Bonchev–Trinajstić information content (AvgIpc) is 2.97. The van der Waals surface area contributed by atoms with E-state index in [4.69, 9.17) is 10.5 Å². The Bertz CT molecular complexity index is 239. The second-order valence-electron chi connectivity index (χ2n) is 4.91. The van der Waals surface area contributed by atoms with E-state index in [0.29, 0.717) is 12.5 Å². The molecule has 0 spiro atoms. The topological polar surface area (TPSA) is 55.6 Å². The highest BCUT2D eigenvalue weighted by Crippen LogP contribution is 2.25. The molecule has 100 valence electrons. The van der Waals surface area contributed by atoms with Crippen molar-refractivity contribution >= 4 is 18.3 Å². The van der Waals surface area contributed by atoms with E-state index < -0.39 is 0 Å². The Hall–Kier alpha value is -0.320. The van der Waals surface area contributed by atoms with E-state index >= 15 is 0 Å². The maximum absolute atomic E-state index is 12.1. The lowest BCUT2D eigenvalue weighted by Gasteiger charge is -2.20. The van der Waals surface area contributed by atoms with Crippen molar-refractivity contribution in [2.24, 2.45) is 11.7 Å². The molecule has 2 aliphatic rings. The molecule has 0 aromatic heterocycles. The molecular formula is C12H23ClN2O2. The van der Waals surface area contributed by atoms with Gasteiger partial charge in [0.15, 0.2) is 0 Å². The van der Waals surface area contributed by atoms with Crippen molar-refractivity contribution in [3.8, 4) is 0 Å². The van der Waals surface area contributed by atoms with E-state index in [1.165, 1.54) is 6.42 Å². The summed E-state index contributed by atoms with van der Waals surface area (Å²) in [6.45, 7) is 4.55. The van der Waals surface area contributed by atoms with Crippen molar-refractivity contribution in [3.05, 3.63) is 0 Å². The zero-order valence-corrected chi connectivity index (χ0v) is 11.2. The van der Waals surface area contributed by atoms with E-state index in [1.54, 1.807) is 0 Å². The van der Waals surface area contributed by atoms with Crippen LogP contribution in [0.2, 0.25) is 0 Å². The van der Waals surface area contributed by atoms with Crippen LogP contribution in [0.15, 0.2) is 0 Å². The minimum Gasteiger partial charge on any atom is -0.364 e. The van der Waals surface area contributed by atoms with Crippen LogP contribution in [0.4, 0.5) is 0 Å². The minimum absolute atomic E-state index is 0. The van der Waals surface area contributed by atoms with Crippen LogP contribution in [-0.4, -0.2) is 42.6 Å². The summed E-state index contributed by atoms with van der Waals surface area (Å²) in [6.07, 6.45) is 3.96. The molecule has 2 heterocycles. The number of carbonyl (C=O) groups excluding carboxylic acids is 1. The maximum atomic E-state index is 12.1. The van der Waals surface area contributed by atoms with E-state index in [0.717, 1.165) is 32.4 Å². The van der Waals surface area contributed by atoms with Gasteiger partial charge < -0.3 is 15.4 Å². The number of nitrogens with zero attached hydrogens (tertiary/aromatic N) is 1. The van der Waals surface area contributed by atoms with E-state index in [9.17, 15) is 4.79 Å². The van der Waals surface area contributed by atoms with Gasteiger partial charge in [-0.2, -0.15) is 0 Å². The zero-order chi connectivity index (χ0) is 11.5. The summed E-state index contributed by atoms with van der Waals surface area (Å²) in [5.74, 6) is 0.877. The third-order valence-electron chi connectivity index (χ3n) is 3.82. The van der Waals surface area contributed by atoms with Crippen molar-refractivity contribution < 1.29 is 9.53 Å². The van der Waals surface area contributed by atoms with Crippen LogP contribution < -0.4 is 5.73 Å². The molecule has 2 rings (SSSR count). The molecule has 2 N–H and O–H groups in total. The second-order valence-corrected chi connectivity index (χ2v) is 4.91. The molecule has 17 heavy (non-hydrogen) atoms. The Morgan fingerprint density at radius 3 is 2.71 bits per heavy atom. The normalized spacial score (nSPS) is 32.6. The minimum atomic E-state index is -0.218. The maximum Gasteiger partial charge on any atom is 0.251 e. The molecular weight excluding hydrogens is 240 g/mol. The van der Waals surface area contributed by atoms with Crippen LogP contribution in [0.25, 0.3) is 0 Å². The second kappa shape index (κ2) is 6.57. The largest absolute Gasteiger partial charge is 0.364 e. The van der Waals surface area contributed by atoms with E-state index in [2.05, 4.69) is 6.92 Å². The Kier molecular flexibility index (Phi) is 5.70. The van der Waals surface area contributed by atoms with Crippen molar-refractivity contribution in [1.82, 2.24) is 4.90 Å². The van der Waals surface area contributed by atoms with Crippen molar-refractivity contribution in [3.63, 3.8) is 0 Å². The predicted molar refractivity (Wildman–Crippen MR) is 69.2 cm³/mol. The molecule has 0 aliphatic carbocycles. The van der Waals surface area contributed by atoms with Crippen LogP contribution in [-0.2, 0) is 9.53 Å². The predicted octanol–water partition coefficient (Wildman–Crippen LogP) is 1.17. The number of carbonyl (C=O) groups is 1. The fraction of sp³-hybridized carbons (Fsp3) is 0.917. The quantitative estimate of drug-likeness (QED) is 0.831. The Morgan fingerprint density at radius 2 is 2.18 bits per heavy atom. The van der Waals surface area contributed by atoms with Gasteiger partial charge in [-0.1, -0.05) is 13.3 Å². The Labute approximate surface area is 109 Å². The number of ether oxygens (including phenoxy) is 1. The van der Waals surface area contributed by atoms with Crippen molar-refractivity contribution in [2.45, 2.75) is 44.8 Å². The molecule has 2 saturated heterocycles. The Morgan fingerprint density at radius 1 is 1.41 bits per heavy atom. The smallest absolute Gasteiger partial charge is 0.251 e. The molecule has 3 atom stereocenters. The highest BCUT2D eigenvalue weighted by molar-refractivity contribution is 5.85. The molecule has 2 aliphatic heterocycles. The SMILES string of the molecule is CCC1CCN(C(=O)[C@@H]2CC[C@H](CN)O2)C1.Cl. The number of hydrogen-bond acceptors (Lipinski definition) is 3. The molecule has 0 saturated carbocycles. The third kappa shape index (κ3) is 3.33. The standard InChI is InChI=1S/C12H22N2O2.ClH/c1-2-9-5-6-14(8-9)12(15)11-4-3-10(7-13)16-11;/h9-11H,2-8,13H2,1H3;1H/t9?,10-,11+;/m1./s1. The zero-order valence-electron chi connectivity index (χ0n) is 10.4. The van der Waals surface area contributed by atoms with E-state index in [-0.39, 0.29) is 30.5 Å². The summed E-state index contributed by atoms with van der Waals surface area (Å²) < 4.78 is 5.64. The number of rotatable bonds is 3.